The monoisotopic (exact) mass is 790 g/mol. The van der Waals surface area contributed by atoms with E-state index in [4.69, 9.17) is 52.1 Å². The van der Waals surface area contributed by atoms with Crippen LogP contribution in [0, 0.1) is 0 Å². The van der Waals surface area contributed by atoms with Crippen LogP contribution < -0.4 is 18.9 Å². The first kappa shape index (κ1) is 42.3. The molecule has 4 atom stereocenters. The molecule has 4 aromatic carbocycles. The Bertz CT molecular complexity index is 1540. The van der Waals surface area contributed by atoms with Gasteiger partial charge in [0, 0.05) is 0 Å². The van der Waals surface area contributed by atoms with E-state index in [0.29, 0.717) is 77.6 Å². The van der Waals surface area contributed by atoms with Crippen molar-refractivity contribution in [3.63, 3.8) is 0 Å². The Balaban J connectivity index is 0.683. The van der Waals surface area contributed by atoms with Gasteiger partial charge >= 0.3 is 0 Å². The number of aliphatic hydroxyl groups excluding tert-OH is 2. The molecular weight excluding hydrogens is 736 g/mol. The first-order valence-corrected chi connectivity index (χ1v) is 19.5. The molecule has 0 bridgehead atoms. The molecule has 0 aliphatic carbocycles. The van der Waals surface area contributed by atoms with E-state index in [1.54, 1.807) is 0 Å². The molecule has 2 saturated heterocycles. The molecule has 0 radical (unpaired) electrons. The fourth-order valence-electron chi connectivity index (χ4n) is 5.38. The Morgan fingerprint density at radius 2 is 0.649 bits per heavy atom. The Kier molecular flexibility index (Phi) is 17.7. The molecule has 308 valence electrons. The van der Waals surface area contributed by atoms with Gasteiger partial charge in [0.05, 0.1) is 79.3 Å². The summed E-state index contributed by atoms with van der Waals surface area (Å²) < 4.78 is 60.7. The van der Waals surface area contributed by atoms with E-state index < -0.39 is 12.2 Å². The van der Waals surface area contributed by atoms with Crippen LogP contribution in [0.3, 0.4) is 0 Å². The van der Waals surface area contributed by atoms with Gasteiger partial charge in [-0.05, 0) is 70.8 Å². The van der Waals surface area contributed by atoms with Gasteiger partial charge in [0.15, 0.2) is 0 Å². The van der Waals surface area contributed by atoms with Crippen molar-refractivity contribution in [1.29, 1.82) is 0 Å². The molecule has 0 aromatic heterocycles. The predicted molar refractivity (Wildman–Crippen MR) is 211 cm³/mol. The van der Waals surface area contributed by atoms with E-state index in [0.717, 1.165) is 47.0 Å². The summed E-state index contributed by atoms with van der Waals surface area (Å²) >= 11 is 0. The van der Waals surface area contributed by atoms with Gasteiger partial charge in [-0.25, -0.2) is 0 Å². The second-order valence-corrected chi connectivity index (χ2v) is 13.5. The highest BCUT2D eigenvalue weighted by Gasteiger charge is 2.23. The zero-order chi connectivity index (χ0) is 39.3. The molecule has 4 aromatic rings. The average molecular weight is 791 g/mol. The minimum Gasteiger partial charge on any atom is -0.491 e. The smallest absolute Gasteiger partial charge is 0.119 e. The summed E-state index contributed by atoms with van der Waals surface area (Å²) in [7, 11) is 0. The number of epoxide rings is 2. The predicted octanol–water partition coefficient (Wildman–Crippen LogP) is 4.84. The third kappa shape index (κ3) is 16.6. The highest BCUT2D eigenvalue weighted by molar-refractivity contribution is 5.65. The van der Waals surface area contributed by atoms with Crippen molar-refractivity contribution in [3.8, 4) is 45.3 Å². The van der Waals surface area contributed by atoms with E-state index >= 15 is 0 Å². The van der Waals surface area contributed by atoms with Crippen LogP contribution in [0.2, 0.25) is 0 Å². The molecule has 2 aliphatic heterocycles. The van der Waals surface area contributed by atoms with Gasteiger partial charge in [-0.1, -0.05) is 48.5 Å². The Hall–Kier alpha value is -4.28. The van der Waals surface area contributed by atoms with Gasteiger partial charge in [-0.15, -0.1) is 0 Å². The van der Waals surface area contributed by atoms with Crippen LogP contribution in [0.5, 0.6) is 23.0 Å². The quantitative estimate of drug-likeness (QED) is 0.0549. The number of benzene rings is 4. The molecule has 2 fully saturated rings. The van der Waals surface area contributed by atoms with Crippen molar-refractivity contribution in [2.24, 2.45) is 0 Å². The Labute approximate surface area is 334 Å². The van der Waals surface area contributed by atoms with Crippen LogP contribution in [0.1, 0.15) is 0 Å². The lowest BCUT2D eigenvalue weighted by Crippen LogP contribution is -2.24. The second-order valence-electron chi connectivity index (χ2n) is 13.5. The molecule has 57 heavy (non-hydrogen) atoms. The number of rotatable bonds is 30. The van der Waals surface area contributed by atoms with E-state index in [1.165, 1.54) is 0 Å². The van der Waals surface area contributed by atoms with Crippen LogP contribution >= 0.6 is 0 Å². The van der Waals surface area contributed by atoms with Crippen LogP contribution in [-0.2, 0) is 33.2 Å². The van der Waals surface area contributed by atoms with Crippen molar-refractivity contribution < 1.29 is 62.3 Å². The van der Waals surface area contributed by atoms with Gasteiger partial charge in [0.2, 0.25) is 0 Å². The molecule has 0 spiro atoms. The molecule has 4 unspecified atom stereocenters. The molecule has 6 rings (SSSR count). The Morgan fingerprint density at radius 3 is 0.930 bits per heavy atom. The topological polar surface area (TPSA) is 149 Å². The minimum atomic E-state index is -0.759. The van der Waals surface area contributed by atoms with Crippen LogP contribution in [0.25, 0.3) is 22.3 Å². The number of hydrogen-bond donors (Lipinski definition) is 2. The normalized spacial score (nSPS) is 16.8. The summed E-state index contributed by atoms with van der Waals surface area (Å²) in [6.45, 7) is 6.45. The summed E-state index contributed by atoms with van der Waals surface area (Å²) in [5.41, 5.74) is 4.27. The van der Waals surface area contributed by atoms with Crippen molar-refractivity contribution in [2.75, 3.05) is 106 Å². The zero-order valence-corrected chi connectivity index (χ0v) is 32.2. The fourth-order valence-corrected chi connectivity index (χ4v) is 5.38. The maximum Gasteiger partial charge on any atom is 0.119 e. The molecule has 13 nitrogen and oxygen atoms in total. The molecular formula is C44H54O13. The largest absolute Gasteiger partial charge is 0.491 e. The van der Waals surface area contributed by atoms with E-state index in [-0.39, 0.29) is 38.6 Å². The summed E-state index contributed by atoms with van der Waals surface area (Å²) in [6.07, 6.45) is -1.06. The van der Waals surface area contributed by atoms with Crippen molar-refractivity contribution >= 4 is 0 Å². The third-order valence-electron chi connectivity index (χ3n) is 8.75. The maximum atomic E-state index is 10.2. The summed E-state index contributed by atoms with van der Waals surface area (Å²) in [5.74, 6) is 2.99. The molecule has 2 N–H and O–H groups in total. The molecule has 2 aliphatic rings. The minimum absolute atomic E-state index is 0.123. The van der Waals surface area contributed by atoms with Gasteiger partial charge in [-0.3, -0.25) is 0 Å². The number of ether oxygens (including phenoxy) is 11. The van der Waals surface area contributed by atoms with E-state index in [2.05, 4.69) is 0 Å². The lowest BCUT2D eigenvalue weighted by Gasteiger charge is -2.14. The zero-order valence-electron chi connectivity index (χ0n) is 32.2. The van der Waals surface area contributed by atoms with Gasteiger partial charge in [0.25, 0.3) is 0 Å². The lowest BCUT2D eigenvalue weighted by molar-refractivity contribution is -0.0325. The third-order valence-corrected chi connectivity index (χ3v) is 8.75. The first-order chi connectivity index (χ1) is 28.1. The number of aliphatic hydroxyl groups is 2. The van der Waals surface area contributed by atoms with E-state index in [9.17, 15) is 10.2 Å². The highest BCUT2D eigenvalue weighted by atomic mass is 16.6. The van der Waals surface area contributed by atoms with Crippen molar-refractivity contribution in [2.45, 2.75) is 24.4 Å². The van der Waals surface area contributed by atoms with Gasteiger partial charge in [0.1, 0.15) is 73.8 Å². The second kappa shape index (κ2) is 23.8. The van der Waals surface area contributed by atoms with Crippen LogP contribution in [0.4, 0.5) is 0 Å². The first-order valence-electron chi connectivity index (χ1n) is 19.5. The lowest BCUT2D eigenvalue weighted by atomic mass is 10.1. The molecule has 0 amide bonds. The standard InChI is InChI=1S/C44H54O13/c45-37(27-52-39-9-1-33(2-10-39)35-5-13-41(14-6-35)54-29-43-31-56-43)25-50-23-21-48-19-17-47-18-20-49-22-24-51-26-38(46)28-53-40-11-3-34(4-12-40)36-7-15-42(16-8-36)55-30-44-32-57-44/h1-16,37-38,43-46H,17-32H2. The van der Waals surface area contributed by atoms with Gasteiger partial charge in [-0.2, -0.15) is 0 Å². The number of hydrogen-bond acceptors (Lipinski definition) is 13. The molecule has 13 heteroatoms. The van der Waals surface area contributed by atoms with Crippen LogP contribution in [-0.4, -0.2) is 140 Å². The summed E-state index contributed by atoms with van der Waals surface area (Å²) in [5, 5.41) is 20.4. The fraction of sp³-hybridized carbons (Fsp3) is 0.455. The van der Waals surface area contributed by atoms with Crippen molar-refractivity contribution in [1.82, 2.24) is 0 Å². The molecule has 0 saturated carbocycles. The summed E-state index contributed by atoms with van der Waals surface area (Å²) in [4.78, 5) is 0. The van der Waals surface area contributed by atoms with Crippen molar-refractivity contribution in [3.05, 3.63) is 97.1 Å². The SMILES string of the molecule is OC(COCCOCCOCCOCCOCC(O)COc1ccc(-c2ccc(OCC3CO3)cc2)cc1)COc1ccc(-c2ccc(OCC3CO3)cc2)cc1. The molecule has 2 heterocycles. The van der Waals surface area contributed by atoms with Gasteiger partial charge < -0.3 is 62.3 Å². The summed E-state index contributed by atoms with van der Waals surface area (Å²) in [6, 6.07) is 31.3. The maximum absolute atomic E-state index is 10.2. The van der Waals surface area contributed by atoms with Crippen LogP contribution in [0.15, 0.2) is 97.1 Å². The Morgan fingerprint density at radius 1 is 0.386 bits per heavy atom. The van der Waals surface area contributed by atoms with E-state index in [1.807, 2.05) is 97.1 Å². The highest BCUT2D eigenvalue weighted by Crippen LogP contribution is 2.27. The average Bonchev–Trinajstić information content (AvgIpc) is 4.20.